The zero-order chi connectivity index (χ0) is 20.4. The van der Waals surface area contributed by atoms with Crippen LogP contribution in [0.15, 0.2) is 24.3 Å². The van der Waals surface area contributed by atoms with Gasteiger partial charge in [-0.25, -0.2) is 4.98 Å². The van der Waals surface area contributed by atoms with Gasteiger partial charge in [0.1, 0.15) is 23.3 Å². The number of nitrogens with one attached hydrogen (secondary N) is 2. The monoisotopic (exact) mass is 411 g/mol. The number of nitrogens with zero attached hydrogens (tertiary/aromatic N) is 1. The maximum absolute atomic E-state index is 10.4. The van der Waals surface area contributed by atoms with Crippen LogP contribution in [0, 0.1) is 12.3 Å². The lowest BCUT2D eigenvalue weighted by Crippen LogP contribution is -2.15. The summed E-state index contributed by atoms with van der Waals surface area (Å²) in [6, 6.07) is 7.34. The Morgan fingerprint density at radius 2 is 2.07 bits per heavy atom. The second-order valence-corrected chi connectivity index (χ2v) is 6.45. The van der Waals surface area contributed by atoms with Gasteiger partial charge in [-0.1, -0.05) is 36.5 Å². The standard InChI is InChI=1S/C10H13ClO.C9H10ClN3O2/c1-3-4-8-7-9(11)5-6-10(8)12-2;1-5-2-7(10)13-9(6(5)3-11)12-4-8(14)15/h5-7H,3-4H2,1-2H3;2-3,11H,4H2,1H3,(H,12,13)(H,14,15). The Balaban J connectivity index is 0.000000277. The molecule has 0 saturated carbocycles. The van der Waals surface area contributed by atoms with E-state index in [4.69, 9.17) is 38.5 Å². The van der Waals surface area contributed by atoms with Crippen molar-refractivity contribution in [3.8, 4) is 5.75 Å². The minimum Gasteiger partial charge on any atom is -0.496 e. The Kier molecular flexibility index (Phi) is 9.61. The third-order valence-electron chi connectivity index (χ3n) is 3.55. The summed E-state index contributed by atoms with van der Waals surface area (Å²) in [6.45, 7) is 3.66. The molecular formula is C19H23Cl2N3O3. The van der Waals surface area contributed by atoms with Crippen molar-refractivity contribution in [1.82, 2.24) is 4.98 Å². The van der Waals surface area contributed by atoms with E-state index in [-0.39, 0.29) is 11.7 Å². The zero-order valence-electron chi connectivity index (χ0n) is 15.5. The third kappa shape index (κ3) is 7.45. The molecule has 1 aromatic carbocycles. The molecule has 2 aromatic rings. The van der Waals surface area contributed by atoms with Crippen molar-refractivity contribution in [3.05, 3.63) is 51.1 Å². The number of halogens is 2. The number of ether oxygens (including phenoxy) is 1. The fourth-order valence-corrected chi connectivity index (χ4v) is 2.77. The van der Waals surface area contributed by atoms with Crippen LogP contribution in [0.3, 0.4) is 0 Å². The van der Waals surface area contributed by atoms with Crippen molar-refractivity contribution in [3.63, 3.8) is 0 Å². The largest absolute Gasteiger partial charge is 0.496 e. The van der Waals surface area contributed by atoms with Gasteiger partial charge in [-0.3, -0.25) is 4.79 Å². The highest BCUT2D eigenvalue weighted by atomic mass is 35.5. The molecule has 0 aliphatic rings. The molecule has 146 valence electrons. The molecule has 1 aromatic heterocycles. The molecule has 0 unspecified atom stereocenters. The molecule has 8 heteroatoms. The van der Waals surface area contributed by atoms with Crippen molar-refractivity contribution in [2.24, 2.45) is 0 Å². The molecule has 0 aliphatic heterocycles. The van der Waals surface area contributed by atoms with E-state index in [0.717, 1.165) is 35.4 Å². The SMILES string of the molecule is CCCc1cc(Cl)ccc1OC.Cc1cc(Cl)nc(NCC(=O)O)c1C=N. The summed E-state index contributed by atoms with van der Waals surface area (Å²) in [5.41, 5.74) is 2.51. The van der Waals surface area contributed by atoms with Crippen molar-refractivity contribution in [1.29, 1.82) is 5.41 Å². The van der Waals surface area contributed by atoms with Gasteiger partial charge in [-0.05, 0) is 48.7 Å². The van der Waals surface area contributed by atoms with E-state index >= 15 is 0 Å². The lowest BCUT2D eigenvalue weighted by atomic mass is 10.1. The maximum atomic E-state index is 10.4. The van der Waals surface area contributed by atoms with Gasteiger partial charge < -0.3 is 20.6 Å². The van der Waals surface area contributed by atoms with Gasteiger partial charge in [0, 0.05) is 16.8 Å². The average Bonchev–Trinajstić information content (AvgIpc) is 2.60. The average molecular weight is 412 g/mol. The molecule has 0 radical (unpaired) electrons. The molecular weight excluding hydrogens is 389 g/mol. The molecule has 0 fully saturated rings. The smallest absolute Gasteiger partial charge is 0.322 e. The van der Waals surface area contributed by atoms with E-state index in [1.807, 2.05) is 18.2 Å². The summed E-state index contributed by atoms with van der Waals surface area (Å²) in [5.74, 6) is 0.254. The Hall–Kier alpha value is -2.31. The fraction of sp³-hybridized carbons (Fsp3) is 0.316. The zero-order valence-corrected chi connectivity index (χ0v) is 17.0. The first-order chi connectivity index (χ1) is 12.8. The summed E-state index contributed by atoms with van der Waals surface area (Å²) in [4.78, 5) is 14.3. The van der Waals surface area contributed by atoms with Gasteiger partial charge in [-0.15, -0.1) is 0 Å². The van der Waals surface area contributed by atoms with E-state index < -0.39 is 5.97 Å². The Morgan fingerprint density at radius 3 is 2.63 bits per heavy atom. The van der Waals surface area contributed by atoms with Crippen molar-refractivity contribution in [2.45, 2.75) is 26.7 Å². The summed E-state index contributed by atoms with van der Waals surface area (Å²) >= 11 is 11.6. The number of carboxylic acid groups (broad SMARTS) is 1. The van der Waals surface area contributed by atoms with Crippen LogP contribution in [0.4, 0.5) is 5.82 Å². The first-order valence-corrected chi connectivity index (χ1v) is 9.03. The van der Waals surface area contributed by atoms with Crippen LogP contribution in [-0.4, -0.2) is 35.9 Å². The van der Waals surface area contributed by atoms with Crippen molar-refractivity contribution in [2.75, 3.05) is 19.0 Å². The van der Waals surface area contributed by atoms with E-state index in [1.165, 1.54) is 5.56 Å². The molecule has 3 N–H and O–H groups in total. The van der Waals surface area contributed by atoms with Crippen LogP contribution in [-0.2, 0) is 11.2 Å². The number of anilines is 1. The summed E-state index contributed by atoms with van der Waals surface area (Å²) in [5, 5.41) is 19.3. The summed E-state index contributed by atoms with van der Waals surface area (Å²) < 4.78 is 5.19. The van der Waals surface area contributed by atoms with E-state index in [0.29, 0.717) is 11.4 Å². The fourth-order valence-electron chi connectivity index (χ4n) is 2.33. The maximum Gasteiger partial charge on any atom is 0.322 e. The number of hydrogen-bond donors (Lipinski definition) is 3. The molecule has 2 rings (SSSR count). The number of carbonyl (C=O) groups is 1. The quantitative estimate of drug-likeness (QED) is 0.447. The van der Waals surface area contributed by atoms with Gasteiger partial charge in [0.25, 0.3) is 0 Å². The second-order valence-electron chi connectivity index (χ2n) is 5.62. The van der Waals surface area contributed by atoms with Gasteiger partial charge in [0.15, 0.2) is 0 Å². The lowest BCUT2D eigenvalue weighted by Gasteiger charge is -2.09. The van der Waals surface area contributed by atoms with Crippen LogP contribution in [0.25, 0.3) is 0 Å². The van der Waals surface area contributed by atoms with Gasteiger partial charge >= 0.3 is 5.97 Å². The molecule has 0 spiro atoms. The number of pyridine rings is 1. The highest BCUT2D eigenvalue weighted by molar-refractivity contribution is 6.30. The number of carboxylic acids is 1. The van der Waals surface area contributed by atoms with Gasteiger partial charge in [0.2, 0.25) is 0 Å². The van der Waals surface area contributed by atoms with E-state index in [9.17, 15) is 4.79 Å². The third-order valence-corrected chi connectivity index (χ3v) is 3.98. The highest BCUT2D eigenvalue weighted by Crippen LogP contribution is 2.23. The molecule has 0 saturated heterocycles. The molecule has 1 heterocycles. The Labute approximate surface area is 169 Å². The van der Waals surface area contributed by atoms with Crippen molar-refractivity contribution >= 4 is 41.2 Å². The molecule has 0 aliphatic carbocycles. The van der Waals surface area contributed by atoms with Gasteiger partial charge in [0.05, 0.1) is 7.11 Å². The van der Waals surface area contributed by atoms with E-state index in [1.54, 1.807) is 20.1 Å². The van der Waals surface area contributed by atoms with Crippen molar-refractivity contribution < 1.29 is 14.6 Å². The predicted octanol–water partition coefficient (Wildman–Crippen LogP) is 4.84. The van der Waals surface area contributed by atoms with Crippen LogP contribution in [0.1, 0.15) is 30.0 Å². The van der Waals surface area contributed by atoms with Crippen LogP contribution in [0.5, 0.6) is 5.75 Å². The second kappa shape index (κ2) is 11.4. The first kappa shape index (κ1) is 22.7. The number of benzene rings is 1. The van der Waals surface area contributed by atoms with Crippen LogP contribution in [0.2, 0.25) is 10.2 Å². The molecule has 0 bridgehead atoms. The normalized spacial score (nSPS) is 9.81. The number of rotatable bonds is 7. The highest BCUT2D eigenvalue weighted by Gasteiger charge is 2.08. The number of aryl methyl sites for hydroxylation is 2. The minimum absolute atomic E-state index is 0.256. The number of methoxy groups -OCH3 is 1. The topological polar surface area (TPSA) is 95.3 Å². The van der Waals surface area contributed by atoms with Crippen LogP contribution >= 0.6 is 23.2 Å². The molecule has 27 heavy (non-hydrogen) atoms. The number of aliphatic carboxylic acids is 1. The lowest BCUT2D eigenvalue weighted by molar-refractivity contribution is -0.134. The molecule has 0 amide bonds. The minimum atomic E-state index is -0.995. The molecule has 0 atom stereocenters. The number of aromatic nitrogens is 1. The summed E-state index contributed by atoms with van der Waals surface area (Å²) in [7, 11) is 1.68. The van der Waals surface area contributed by atoms with E-state index in [2.05, 4.69) is 17.2 Å². The Bertz CT molecular complexity index is 798. The first-order valence-electron chi connectivity index (χ1n) is 8.28. The number of hydrogen-bond acceptors (Lipinski definition) is 5. The Morgan fingerprint density at radius 1 is 1.37 bits per heavy atom. The molecule has 6 nitrogen and oxygen atoms in total. The summed E-state index contributed by atoms with van der Waals surface area (Å²) in [6.07, 6.45) is 3.24. The predicted molar refractivity (Wildman–Crippen MR) is 110 cm³/mol. The van der Waals surface area contributed by atoms with Gasteiger partial charge in [-0.2, -0.15) is 0 Å². The van der Waals surface area contributed by atoms with Crippen LogP contribution < -0.4 is 10.1 Å².